The third kappa shape index (κ3) is 4.08. The predicted molar refractivity (Wildman–Crippen MR) is 117 cm³/mol. The summed E-state index contributed by atoms with van der Waals surface area (Å²) < 4.78 is 2.02. The van der Waals surface area contributed by atoms with E-state index in [1.807, 2.05) is 28.8 Å². The quantitative estimate of drug-likeness (QED) is 0.245. The zero-order valence-electron chi connectivity index (χ0n) is 16.5. The van der Waals surface area contributed by atoms with Crippen LogP contribution in [-0.4, -0.2) is 24.7 Å². The Balaban J connectivity index is 1.73. The molecule has 2 aromatic heterocycles. The summed E-state index contributed by atoms with van der Waals surface area (Å²) in [6.07, 6.45) is 3.45. The van der Waals surface area contributed by atoms with E-state index in [0.717, 1.165) is 27.8 Å². The summed E-state index contributed by atoms with van der Waals surface area (Å²) >= 11 is 1.49. The Morgan fingerprint density at radius 3 is 2.53 bits per heavy atom. The van der Waals surface area contributed by atoms with Gasteiger partial charge in [-0.15, -0.1) is 10.2 Å². The molecule has 2 heterocycles. The van der Waals surface area contributed by atoms with E-state index in [2.05, 4.69) is 41.2 Å². The molecule has 7 nitrogen and oxygen atoms in total. The number of thioether (sulfide) groups is 1. The normalized spacial score (nSPS) is 10.9. The van der Waals surface area contributed by atoms with Gasteiger partial charge in [0.1, 0.15) is 0 Å². The molecule has 4 rings (SSSR count). The van der Waals surface area contributed by atoms with Gasteiger partial charge in [-0.3, -0.25) is 19.7 Å². The molecule has 150 valence electrons. The van der Waals surface area contributed by atoms with Gasteiger partial charge >= 0.3 is 0 Å². The fourth-order valence-corrected chi connectivity index (χ4v) is 3.95. The molecule has 0 unspecified atom stereocenters. The Kier molecular flexibility index (Phi) is 5.58. The molecule has 30 heavy (non-hydrogen) atoms. The number of hydrogen-bond acceptors (Lipinski definition) is 6. The largest absolute Gasteiger partial charge is 0.270 e. The number of nitrogens with zero attached hydrogens (tertiary/aromatic N) is 5. The number of non-ortho nitro benzene ring substituents is 1. The Bertz CT molecular complexity index is 1210. The van der Waals surface area contributed by atoms with Crippen molar-refractivity contribution in [1.82, 2.24) is 19.7 Å². The van der Waals surface area contributed by atoms with E-state index >= 15 is 0 Å². The molecule has 0 aliphatic heterocycles. The van der Waals surface area contributed by atoms with Crippen LogP contribution in [-0.2, 0) is 5.75 Å². The van der Waals surface area contributed by atoms with Crippen LogP contribution in [0.4, 0.5) is 5.69 Å². The summed E-state index contributed by atoms with van der Waals surface area (Å²) in [5.41, 5.74) is 5.21. The van der Waals surface area contributed by atoms with E-state index in [1.54, 1.807) is 24.5 Å². The van der Waals surface area contributed by atoms with Crippen LogP contribution >= 0.6 is 11.8 Å². The fraction of sp³-hybridized carbons (Fsp3) is 0.136. The molecule has 2 aromatic carbocycles. The second-order valence-corrected chi connectivity index (χ2v) is 7.80. The molecular formula is C22H19N5O2S. The second-order valence-electron chi connectivity index (χ2n) is 6.86. The Morgan fingerprint density at radius 1 is 1.00 bits per heavy atom. The SMILES string of the molecule is Cc1ccc(-n2c(SCc3cccc([N+](=O)[O-])c3)nnc2-c2ccncc2)cc1C. The van der Waals surface area contributed by atoms with Gasteiger partial charge in [-0.1, -0.05) is 30.0 Å². The number of nitro groups is 1. The van der Waals surface area contributed by atoms with Crippen LogP contribution in [0.3, 0.4) is 0 Å². The summed E-state index contributed by atoms with van der Waals surface area (Å²) in [4.78, 5) is 14.8. The third-order valence-electron chi connectivity index (χ3n) is 4.81. The maximum atomic E-state index is 11.1. The fourth-order valence-electron chi connectivity index (χ4n) is 3.06. The molecule has 0 amide bonds. The number of benzene rings is 2. The van der Waals surface area contributed by atoms with Crippen molar-refractivity contribution in [2.75, 3.05) is 0 Å². The van der Waals surface area contributed by atoms with Crippen LogP contribution in [0.25, 0.3) is 17.1 Å². The lowest BCUT2D eigenvalue weighted by atomic mass is 10.1. The molecule has 0 aliphatic rings. The van der Waals surface area contributed by atoms with Crippen molar-refractivity contribution in [1.29, 1.82) is 0 Å². The number of hydrogen-bond donors (Lipinski definition) is 0. The van der Waals surface area contributed by atoms with Gasteiger partial charge in [0.05, 0.1) is 10.6 Å². The van der Waals surface area contributed by atoms with Crippen LogP contribution < -0.4 is 0 Å². The highest BCUT2D eigenvalue weighted by Crippen LogP contribution is 2.30. The molecule has 0 N–H and O–H groups in total. The molecule has 0 fully saturated rings. The summed E-state index contributed by atoms with van der Waals surface area (Å²) in [6, 6.07) is 16.7. The highest BCUT2D eigenvalue weighted by molar-refractivity contribution is 7.98. The van der Waals surface area contributed by atoms with E-state index in [1.165, 1.54) is 29.0 Å². The maximum Gasteiger partial charge on any atom is 0.269 e. The molecule has 0 saturated heterocycles. The van der Waals surface area contributed by atoms with Crippen LogP contribution in [0.5, 0.6) is 0 Å². The second kappa shape index (κ2) is 8.46. The topological polar surface area (TPSA) is 86.7 Å². The minimum atomic E-state index is -0.382. The standard InChI is InChI=1S/C22H19N5O2S/c1-15-6-7-19(12-16(15)2)26-21(18-8-10-23-11-9-18)24-25-22(26)30-14-17-4-3-5-20(13-17)27(28)29/h3-13H,14H2,1-2H3. The van der Waals surface area contributed by atoms with Crippen molar-refractivity contribution in [3.8, 4) is 17.1 Å². The van der Waals surface area contributed by atoms with Gasteiger partial charge in [0.25, 0.3) is 5.69 Å². The van der Waals surface area contributed by atoms with Crippen LogP contribution in [0, 0.1) is 24.0 Å². The van der Waals surface area contributed by atoms with Gasteiger partial charge < -0.3 is 0 Å². The summed E-state index contributed by atoms with van der Waals surface area (Å²) in [5.74, 6) is 1.27. The van der Waals surface area contributed by atoms with Crippen molar-refractivity contribution in [3.05, 3.63) is 93.8 Å². The Labute approximate surface area is 178 Å². The smallest absolute Gasteiger partial charge is 0.269 e. The van der Waals surface area contributed by atoms with Crippen molar-refractivity contribution >= 4 is 17.4 Å². The summed E-state index contributed by atoms with van der Waals surface area (Å²) in [7, 11) is 0. The molecule has 0 bridgehead atoms. The minimum Gasteiger partial charge on any atom is -0.270 e. The van der Waals surface area contributed by atoms with E-state index in [0.29, 0.717) is 5.75 Å². The number of pyridine rings is 1. The van der Waals surface area contributed by atoms with Crippen molar-refractivity contribution in [2.24, 2.45) is 0 Å². The first-order valence-corrected chi connectivity index (χ1v) is 10.3. The first-order chi connectivity index (χ1) is 14.5. The van der Waals surface area contributed by atoms with Gasteiger partial charge in [0.2, 0.25) is 0 Å². The number of rotatable bonds is 6. The van der Waals surface area contributed by atoms with Gasteiger partial charge in [0, 0.05) is 35.8 Å². The molecule has 0 spiro atoms. The lowest BCUT2D eigenvalue weighted by molar-refractivity contribution is -0.384. The molecule has 8 heteroatoms. The van der Waals surface area contributed by atoms with Crippen LogP contribution in [0.1, 0.15) is 16.7 Å². The molecule has 0 aliphatic carbocycles. The number of aryl methyl sites for hydroxylation is 2. The first kappa shape index (κ1) is 19.8. The van der Waals surface area contributed by atoms with E-state index < -0.39 is 0 Å². The number of aromatic nitrogens is 4. The first-order valence-electron chi connectivity index (χ1n) is 9.32. The van der Waals surface area contributed by atoms with Gasteiger partial charge in [-0.05, 0) is 54.8 Å². The zero-order valence-corrected chi connectivity index (χ0v) is 17.3. The average Bonchev–Trinajstić information content (AvgIpc) is 3.19. The summed E-state index contributed by atoms with van der Waals surface area (Å²) in [6.45, 7) is 4.15. The minimum absolute atomic E-state index is 0.0844. The van der Waals surface area contributed by atoms with Crippen LogP contribution in [0.2, 0.25) is 0 Å². The van der Waals surface area contributed by atoms with Crippen LogP contribution in [0.15, 0.2) is 72.1 Å². The lowest BCUT2D eigenvalue weighted by Gasteiger charge is -2.12. The Hall–Kier alpha value is -3.52. The summed E-state index contributed by atoms with van der Waals surface area (Å²) in [5, 5.41) is 20.6. The average molecular weight is 417 g/mol. The van der Waals surface area contributed by atoms with E-state index in [4.69, 9.17) is 0 Å². The molecule has 0 saturated carbocycles. The van der Waals surface area contributed by atoms with Gasteiger partial charge in [0.15, 0.2) is 11.0 Å². The molecular weight excluding hydrogens is 398 g/mol. The molecule has 4 aromatic rings. The predicted octanol–water partition coefficient (Wildman–Crippen LogP) is 5.15. The third-order valence-corrected chi connectivity index (χ3v) is 5.81. The van der Waals surface area contributed by atoms with Gasteiger partial charge in [-0.2, -0.15) is 0 Å². The molecule has 0 atom stereocenters. The highest BCUT2D eigenvalue weighted by atomic mass is 32.2. The number of nitro benzene ring substituents is 1. The maximum absolute atomic E-state index is 11.1. The lowest BCUT2D eigenvalue weighted by Crippen LogP contribution is -2.01. The van der Waals surface area contributed by atoms with Crippen molar-refractivity contribution < 1.29 is 4.92 Å². The zero-order chi connectivity index (χ0) is 21.1. The van der Waals surface area contributed by atoms with Crippen molar-refractivity contribution in [3.63, 3.8) is 0 Å². The van der Waals surface area contributed by atoms with Crippen molar-refractivity contribution in [2.45, 2.75) is 24.8 Å². The highest BCUT2D eigenvalue weighted by Gasteiger charge is 2.17. The van der Waals surface area contributed by atoms with Gasteiger partial charge in [-0.25, -0.2) is 0 Å². The van der Waals surface area contributed by atoms with E-state index in [-0.39, 0.29) is 10.6 Å². The molecule has 0 radical (unpaired) electrons. The van der Waals surface area contributed by atoms with E-state index in [9.17, 15) is 10.1 Å². The monoisotopic (exact) mass is 417 g/mol. The Morgan fingerprint density at radius 2 is 1.80 bits per heavy atom.